The summed E-state index contributed by atoms with van der Waals surface area (Å²) in [7, 11) is -2.39. The summed E-state index contributed by atoms with van der Waals surface area (Å²) in [6.07, 6.45) is 5.28. The molecule has 0 saturated heterocycles. The predicted octanol–water partition coefficient (Wildman–Crippen LogP) is 0.662. The van der Waals surface area contributed by atoms with Crippen LogP contribution in [-0.2, 0) is 84.3 Å². The summed E-state index contributed by atoms with van der Waals surface area (Å²) >= 11 is 5.34. The van der Waals surface area contributed by atoms with Gasteiger partial charge in [-0.05, 0) is 99.7 Å². The van der Waals surface area contributed by atoms with E-state index < -0.39 is 39.8 Å². The normalized spacial score (nSPS) is 21.9. The van der Waals surface area contributed by atoms with Crippen LogP contribution in [0, 0.1) is 10.8 Å². The van der Waals surface area contributed by atoms with Crippen molar-refractivity contribution in [1.29, 1.82) is 0 Å². The molecule has 0 saturated carbocycles. The maximum atomic E-state index is 13.0. The molecule has 2 heterocycles. The Morgan fingerprint density at radius 3 is 1.50 bits per heavy atom. The van der Waals surface area contributed by atoms with Gasteiger partial charge >= 0.3 is 78.9 Å². The van der Waals surface area contributed by atoms with Gasteiger partial charge in [0.25, 0.3) is 25.8 Å². The molecular formula is C44H61ClNa2O21P2. The van der Waals surface area contributed by atoms with Crippen molar-refractivity contribution < 1.29 is 159 Å². The van der Waals surface area contributed by atoms with E-state index >= 15 is 0 Å². The molecule has 0 aromatic heterocycles. The Kier molecular flexibility index (Phi) is 30.9. The summed E-state index contributed by atoms with van der Waals surface area (Å²) in [5, 5.41) is 17.7. The van der Waals surface area contributed by atoms with Crippen LogP contribution in [0.4, 0.5) is 0 Å². The van der Waals surface area contributed by atoms with Gasteiger partial charge in [-0.3, -0.25) is 32.5 Å². The number of ketones is 2. The number of cyclic esters (lactones) is 2. The first-order valence-corrected chi connectivity index (χ1v) is 23.7. The van der Waals surface area contributed by atoms with Gasteiger partial charge in [-0.2, -0.15) is 0 Å². The first-order chi connectivity index (χ1) is 31.5. The number of alkyl halides is 1. The van der Waals surface area contributed by atoms with Crippen molar-refractivity contribution in [1.82, 2.24) is 0 Å². The number of esters is 2. The second-order valence-electron chi connectivity index (χ2n) is 16.4. The molecule has 4 rings (SSSR count). The summed E-state index contributed by atoms with van der Waals surface area (Å²) < 4.78 is 73.8. The minimum atomic E-state index is -4.42. The standard InChI is InChI=1S/C22H31O9P.C14H23O5P.C7H7ClO4.CH2O3.2Na/c1-13(2)11-15-14(3)18(23)17(12-22(15,4)5)31-32(25,28-8)29-10-9-16-19(26-6)20(27-7)21(24)30-16;1-9(2)7-11-10(3)13(15)12(8-14(11,4)5)19-20(16,17)18-6;1-11-6-5(9)4(2-3-8)12-7(6)10;2-1-4-3;;/h9,11,17H,10,12H2,1-8H3;7,12H,8H2,1-6H3,(H,16,17);2,9H,3H2,1H3;1,3H;;/q;;;;2*+1/p-2/b16-9+;;4-2+;;;. The quantitative estimate of drug-likeness (QED) is 0.0423. The van der Waals surface area contributed by atoms with Gasteiger partial charge in [-0.1, -0.05) is 51.0 Å². The maximum absolute atomic E-state index is 13.0. The zero-order valence-electron chi connectivity index (χ0n) is 42.8. The number of carbonyl (C=O) groups excluding carboxylic acids is 5. The van der Waals surface area contributed by atoms with E-state index in [0.717, 1.165) is 29.4 Å². The number of hydrogen-bond donors (Lipinski definition) is 1. The largest absolute Gasteiger partial charge is 1.00 e. The molecule has 0 radical (unpaired) electrons. The van der Waals surface area contributed by atoms with E-state index in [2.05, 4.69) is 18.9 Å². The molecule has 4 atom stereocenters. The molecule has 70 heavy (non-hydrogen) atoms. The third-order valence-corrected chi connectivity index (χ3v) is 12.4. The van der Waals surface area contributed by atoms with Crippen molar-refractivity contribution in [2.75, 3.05) is 48.0 Å². The van der Waals surface area contributed by atoms with Crippen molar-refractivity contribution in [3.8, 4) is 0 Å². The second kappa shape index (κ2) is 31.2. The first kappa shape index (κ1) is 69.4. The van der Waals surface area contributed by atoms with E-state index in [0.29, 0.717) is 24.0 Å². The van der Waals surface area contributed by atoms with Gasteiger partial charge in [0.05, 0.1) is 27.9 Å². The summed E-state index contributed by atoms with van der Waals surface area (Å²) in [6, 6.07) is 0. The van der Waals surface area contributed by atoms with E-state index in [4.69, 9.17) is 54.0 Å². The van der Waals surface area contributed by atoms with Crippen molar-refractivity contribution in [2.24, 2.45) is 10.8 Å². The van der Waals surface area contributed by atoms with E-state index in [-0.39, 0.29) is 135 Å². The Bertz CT molecular complexity index is 2260. The van der Waals surface area contributed by atoms with Gasteiger partial charge in [0.15, 0.2) is 23.1 Å². The molecule has 382 valence electrons. The Morgan fingerprint density at radius 1 is 0.729 bits per heavy atom. The van der Waals surface area contributed by atoms with Crippen molar-refractivity contribution in [2.45, 2.75) is 94.3 Å². The molecular weight excluding hydrogens is 1010 g/mol. The van der Waals surface area contributed by atoms with Gasteiger partial charge in [-0.25, -0.2) is 14.2 Å². The zero-order chi connectivity index (χ0) is 52.5. The third kappa shape index (κ3) is 20.0. The van der Waals surface area contributed by atoms with Gasteiger partial charge in [0.2, 0.25) is 11.5 Å². The number of aliphatic hydroxyl groups excluding tert-OH is 1. The SMILES string of the molecule is COC1=C(O)/C(=C\CCl)OC1=O.COC1=C(OC)/C(=C\COP(=O)(OC)OC2CC(C)(C)C(C=C(C)C)=C(C)C2=O)OC1=O.COP(=O)([O-])OC1CC(C)(C)C(C=C(C)C)=C(C)C1=O.O=CO[O-].[Na+].[Na+]. The number of hydrogen-bond acceptors (Lipinski definition) is 21. The maximum Gasteiger partial charge on any atom is 1.00 e. The molecule has 0 aromatic carbocycles. The van der Waals surface area contributed by atoms with Crippen LogP contribution in [0.2, 0.25) is 0 Å². The Balaban J connectivity index is 0. The Hall–Kier alpha value is -2.66. The van der Waals surface area contributed by atoms with Crippen LogP contribution in [0.3, 0.4) is 0 Å². The molecule has 1 N–H and O–H groups in total. The number of rotatable bonds is 16. The molecule has 0 aromatic rings. The number of phosphoric ester groups is 2. The minimum Gasteiger partial charge on any atom is -0.756 e. The fourth-order valence-electron chi connectivity index (χ4n) is 6.83. The molecule has 0 amide bonds. The minimum absolute atomic E-state index is 0. The van der Waals surface area contributed by atoms with Crippen molar-refractivity contribution in [3.05, 3.63) is 92.3 Å². The third-order valence-electron chi connectivity index (χ3n) is 9.88. The van der Waals surface area contributed by atoms with Gasteiger partial charge < -0.3 is 52.9 Å². The topological polar surface area (TPSA) is 287 Å². The van der Waals surface area contributed by atoms with Crippen LogP contribution in [0.1, 0.15) is 82.1 Å². The molecule has 0 spiro atoms. The summed E-state index contributed by atoms with van der Waals surface area (Å²) in [4.78, 5) is 70.5. The number of Topliss-reactive ketones (excluding diaryl/α,β-unsaturated/α-hetero) is 2. The number of carbonyl (C=O) groups is 5. The first-order valence-electron chi connectivity index (χ1n) is 20.3. The molecule has 0 bridgehead atoms. The van der Waals surface area contributed by atoms with Crippen LogP contribution >= 0.6 is 27.2 Å². The molecule has 21 nitrogen and oxygen atoms in total. The zero-order valence-corrected chi connectivity index (χ0v) is 49.3. The van der Waals surface area contributed by atoms with E-state index in [1.807, 2.05) is 67.5 Å². The summed E-state index contributed by atoms with van der Waals surface area (Å²) in [6.45, 7) is 18.7. The van der Waals surface area contributed by atoms with E-state index in [1.54, 1.807) is 13.8 Å². The number of allylic oxidation sites excluding steroid dienone is 7. The van der Waals surface area contributed by atoms with Gasteiger partial charge in [0.1, 0.15) is 12.2 Å². The number of phosphoric acid groups is 2. The monoisotopic (exact) mass is 1070 g/mol. The van der Waals surface area contributed by atoms with Crippen LogP contribution < -0.4 is 69.3 Å². The second-order valence-corrected chi connectivity index (χ2v) is 19.9. The fourth-order valence-corrected chi connectivity index (χ4v) is 8.53. The molecule has 2 aliphatic carbocycles. The molecule has 4 unspecified atom stereocenters. The number of aliphatic hydroxyl groups is 1. The smallest absolute Gasteiger partial charge is 0.756 e. The summed E-state index contributed by atoms with van der Waals surface area (Å²) in [5.74, 6) is -2.22. The Morgan fingerprint density at radius 2 is 1.14 bits per heavy atom. The molecule has 2 aliphatic heterocycles. The Labute approximate surface area is 458 Å². The average Bonchev–Trinajstić information content (AvgIpc) is 3.73. The summed E-state index contributed by atoms with van der Waals surface area (Å²) in [5.41, 5.74) is 4.40. The van der Waals surface area contributed by atoms with Crippen LogP contribution in [-0.4, -0.2) is 95.3 Å². The van der Waals surface area contributed by atoms with Crippen LogP contribution in [0.5, 0.6) is 0 Å². The van der Waals surface area contributed by atoms with Crippen LogP contribution in [0.15, 0.2) is 92.3 Å². The van der Waals surface area contributed by atoms with Gasteiger partial charge in [0, 0.05) is 20.1 Å². The number of methoxy groups -OCH3 is 3. The van der Waals surface area contributed by atoms with E-state index in [1.165, 1.54) is 40.6 Å². The fraction of sp³-hybridized carbons (Fsp3) is 0.523. The number of halogens is 1. The van der Waals surface area contributed by atoms with Crippen LogP contribution in [0.25, 0.3) is 0 Å². The molecule has 0 fully saturated rings. The van der Waals surface area contributed by atoms with Crippen molar-refractivity contribution >= 4 is 57.2 Å². The number of ether oxygens (including phenoxy) is 5. The predicted molar refractivity (Wildman–Crippen MR) is 240 cm³/mol. The van der Waals surface area contributed by atoms with Gasteiger partial charge in [-0.15, -0.1) is 11.6 Å². The van der Waals surface area contributed by atoms with Crippen molar-refractivity contribution in [3.63, 3.8) is 0 Å². The van der Waals surface area contributed by atoms with E-state index in [9.17, 15) is 38.3 Å². The molecule has 4 aliphatic rings. The molecule has 26 heteroatoms. The average molecular weight is 1070 g/mol.